The van der Waals surface area contributed by atoms with E-state index in [2.05, 4.69) is 11.4 Å². The molecule has 0 amide bonds. The highest BCUT2D eigenvalue weighted by Crippen LogP contribution is 2.34. The number of aliphatic hydroxyl groups is 1. The summed E-state index contributed by atoms with van der Waals surface area (Å²) < 4.78 is 5.63. The summed E-state index contributed by atoms with van der Waals surface area (Å²) in [4.78, 5) is 4.88. The Kier molecular flexibility index (Phi) is 7.01. The van der Waals surface area contributed by atoms with Crippen LogP contribution in [0.1, 0.15) is 24.6 Å². The quantitative estimate of drug-likeness (QED) is 0.517. The predicted octanol–water partition coefficient (Wildman–Crippen LogP) is 5.82. The van der Waals surface area contributed by atoms with Gasteiger partial charge in [0.25, 0.3) is 0 Å². The topological polar surface area (TPSA) is 54.4 Å². The van der Waals surface area contributed by atoms with Gasteiger partial charge < -0.3 is 15.2 Å². The molecular weight excluding hydrogens is 407 g/mol. The summed E-state index contributed by atoms with van der Waals surface area (Å²) in [5.41, 5.74) is 6.49. The zero-order chi connectivity index (χ0) is 19.5. The number of ether oxygens (including phenoxy) is 1. The molecule has 1 heterocycles. The number of halogens is 2. The molecule has 1 aliphatic rings. The van der Waals surface area contributed by atoms with E-state index in [0.717, 1.165) is 53.3 Å². The van der Waals surface area contributed by atoms with Crippen molar-refractivity contribution in [3.63, 3.8) is 0 Å². The number of nitrogens with one attached hydrogen (secondary N) is 1. The van der Waals surface area contributed by atoms with Crippen molar-refractivity contribution in [1.29, 1.82) is 0 Å². The fourth-order valence-corrected chi connectivity index (χ4v) is 3.68. The van der Waals surface area contributed by atoms with E-state index in [9.17, 15) is 0 Å². The van der Waals surface area contributed by atoms with E-state index in [1.165, 1.54) is 5.56 Å². The number of aryl methyl sites for hydroxylation is 1. The van der Waals surface area contributed by atoms with E-state index in [-0.39, 0.29) is 25.1 Å². The van der Waals surface area contributed by atoms with Gasteiger partial charge in [-0.3, -0.25) is 4.98 Å². The van der Waals surface area contributed by atoms with E-state index < -0.39 is 0 Å². The summed E-state index contributed by atoms with van der Waals surface area (Å²) in [6.07, 6.45) is 2.95. The van der Waals surface area contributed by atoms with Crippen LogP contribution in [-0.4, -0.2) is 22.8 Å². The normalized spacial score (nSPS) is 13.3. The van der Waals surface area contributed by atoms with Gasteiger partial charge in [0.05, 0.1) is 12.3 Å². The molecule has 6 heteroatoms. The number of benzene rings is 2. The molecule has 0 spiro atoms. The Labute approximate surface area is 182 Å². The Morgan fingerprint density at radius 1 is 1.14 bits per heavy atom. The molecule has 1 aromatic heterocycles. The van der Waals surface area contributed by atoms with Gasteiger partial charge in [0.15, 0.2) is 0 Å². The Morgan fingerprint density at radius 3 is 2.66 bits per heavy atom. The molecule has 0 aliphatic heterocycles. The predicted molar refractivity (Wildman–Crippen MR) is 121 cm³/mol. The van der Waals surface area contributed by atoms with Crippen LogP contribution in [0.15, 0.2) is 54.6 Å². The summed E-state index contributed by atoms with van der Waals surface area (Å²) >= 11 is 6.17. The lowest BCUT2D eigenvalue weighted by Gasteiger charge is -2.15. The van der Waals surface area contributed by atoms with Crippen molar-refractivity contribution < 1.29 is 9.84 Å². The summed E-state index contributed by atoms with van der Waals surface area (Å²) in [5, 5.41) is 13.4. The molecule has 0 radical (unpaired) electrons. The molecule has 2 N–H and O–H groups in total. The minimum atomic E-state index is -0.220. The molecule has 2 aromatic carbocycles. The van der Waals surface area contributed by atoms with Crippen LogP contribution >= 0.6 is 24.0 Å². The number of nitrogens with zero attached hydrogens (tertiary/aromatic N) is 1. The van der Waals surface area contributed by atoms with Crippen molar-refractivity contribution in [2.45, 2.75) is 32.3 Å². The second-order valence-corrected chi connectivity index (χ2v) is 7.54. The van der Waals surface area contributed by atoms with Gasteiger partial charge in [0.2, 0.25) is 0 Å². The first-order valence-corrected chi connectivity index (χ1v) is 9.93. The summed E-state index contributed by atoms with van der Waals surface area (Å²) in [6, 6.07) is 17.7. The zero-order valence-corrected chi connectivity index (χ0v) is 17.8. The van der Waals surface area contributed by atoms with E-state index in [1.807, 2.05) is 55.5 Å². The number of anilines is 2. The average molecular weight is 431 g/mol. The second kappa shape index (κ2) is 9.49. The Morgan fingerprint density at radius 2 is 1.93 bits per heavy atom. The molecule has 0 bridgehead atoms. The van der Waals surface area contributed by atoms with Crippen LogP contribution in [0.3, 0.4) is 0 Å². The number of hydrogen-bond acceptors (Lipinski definition) is 4. The number of hydrogen-bond donors (Lipinski definition) is 2. The molecule has 4 nitrogen and oxygen atoms in total. The lowest BCUT2D eigenvalue weighted by Crippen LogP contribution is -2.16. The zero-order valence-electron chi connectivity index (χ0n) is 16.2. The maximum absolute atomic E-state index is 9.12. The summed E-state index contributed by atoms with van der Waals surface area (Å²) in [5.74, 6) is 0.742. The van der Waals surface area contributed by atoms with Crippen molar-refractivity contribution >= 4 is 35.4 Å². The monoisotopic (exact) mass is 430 g/mol. The maximum Gasteiger partial charge on any atom is 0.119 e. The number of pyridine rings is 1. The Bertz CT molecular complexity index is 977. The van der Waals surface area contributed by atoms with Crippen LogP contribution < -0.4 is 10.1 Å². The second-order valence-electron chi connectivity index (χ2n) is 7.10. The van der Waals surface area contributed by atoms with Gasteiger partial charge in [0.1, 0.15) is 11.9 Å². The van der Waals surface area contributed by atoms with Gasteiger partial charge in [-0.25, -0.2) is 0 Å². The molecule has 3 aromatic rings. The van der Waals surface area contributed by atoms with Gasteiger partial charge in [0, 0.05) is 27.7 Å². The number of rotatable bonds is 6. The standard InChI is InChI=1S/C23H23ClN2O2.ClH/c1-15(14-27)28-19-10-8-18(9-11-19)25-23-13-22(16-4-2-5-17(24)12-16)26-21-7-3-6-20(21)23;/h2,4-5,8-13,15,27H,3,6-7,14H2,1H3,(H,25,26);1H. The molecule has 0 fully saturated rings. The SMILES string of the molecule is CC(CO)Oc1ccc(Nc2cc(-c3cccc(Cl)c3)nc3c2CCC3)cc1.Cl. The number of aromatic nitrogens is 1. The number of fused-ring (bicyclic) bond motifs is 1. The van der Waals surface area contributed by atoms with Gasteiger partial charge >= 0.3 is 0 Å². The molecule has 29 heavy (non-hydrogen) atoms. The minimum Gasteiger partial charge on any atom is -0.488 e. The summed E-state index contributed by atoms with van der Waals surface area (Å²) in [7, 11) is 0. The fraction of sp³-hybridized carbons (Fsp3) is 0.261. The smallest absolute Gasteiger partial charge is 0.119 e. The molecule has 4 rings (SSSR count). The first-order chi connectivity index (χ1) is 13.6. The van der Waals surface area contributed by atoms with Crippen LogP contribution in [0.4, 0.5) is 11.4 Å². The van der Waals surface area contributed by atoms with Crippen LogP contribution in [0.2, 0.25) is 5.02 Å². The highest BCUT2D eigenvalue weighted by atomic mass is 35.5. The third-order valence-corrected chi connectivity index (χ3v) is 5.13. The first kappa shape index (κ1) is 21.4. The maximum atomic E-state index is 9.12. The van der Waals surface area contributed by atoms with Gasteiger partial charge in [-0.1, -0.05) is 23.7 Å². The number of aliphatic hydroxyl groups excluding tert-OH is 1. The van der Waals surface area contributed by atoms with Crippen LogP contribution in [0.5, 0.6) is 5.75 Å². The van der Waals surface area contributed by atoms with E-state index in [4.69, 9.17) is 26.4 Å². The lowest BCUT2D eigenvalue weighted by molar-refractivity contribution is 0.130. The van der Waals surface area contributed by atoms with Gasteiger partial charge in [-0.2, -0.15) is 0 Å². The molecule has 0 saturated heterocycles. The van der Waals surface area contributed by atoms with E-state index in [0.29, 0.717) is 5.02 Å². The molecule has 1 aliphatic carbocycles. The fourth-order valence-electron chi connectivity index (χ4n) is 3.49. The van der Waals surface area contributed by atoms with Crippen molar-refractivity contribution in [2.24, 2.45) is 0 Å². The van der Waals surface area contributed by atoms with Crippen LogP contribution in [0.25, 0.3) is 11.3 Å². The third-order valence-electron chi connectivity index (χ3n) is 4.90. The van der Waals surface area contributed by atoms with Crippen molar-refractivity contribution in [3.8, 4) is 17.0 Å². The average Bonchev–Trinajstić information content (AvgIpc) is 3.18. The minimum absolute atomic E-state index is 0. The highest BCUT2D eigenvalue weighted by molar-refractivity contribution is 6.30. The molecule has 152 valence electrons. The Hall–Kier alpha value is -2.27. The van der Waals surface area contributed by atoms with Gasteiger partial charge in [-0.05, 0) is 74.2 Å². The van der Waals surface area contributed by atoms with Crippen molar-refractivity contribution in [2.75, 3.05) is 11.9 Å². The first-order valence-electron chi connectivity index (χ1n) is 9.56. The summed E-state index contributed by atoms with van der Waals surface area (Å²) in [6.45, 7) is 1.83. The van der Waals surface area contributed by atoms with E-state index >= 15 is 0 Å². The molecule has 1 atom stereocenters. The highest BCUT2D eigenvalue weighted by Gasteiger charge is 2.19. The van der Waals surface area contributed by atoms with E-state index in [1.54, 1.807) is 0 Å². The molecular formula is C23H24Cl2N2O2. The Balaban J connectivity index is 0.00000240. The van der Waals surface area contributed by atoms with Crippen molar-refractivity contribution in [3.05, 3.63) is 70.9 Å². The van der Waals surface area contributed by atoms with Crippen LogP contribution in [-0.2, 0) is 12.8 Å². The molecule has 0 saturated carbocycles. The third kappa shape index (κ3) is 5.02. The lowest BCUT2D eigenvalue weighted by atomic mass is 10.1. The van der Waals surface area contributed by atoms with Crippen molar-refractivity contribution in [1.82, 2.24) is 4.98 Å². The molecule has 1 unspecified atom stereocenters. The van der Waals surface area contributed by atoms with Crippen LogP contribution in [0, 0.1) is 0 Å². The van der Waals surface area contributed by atoms with Gasteiger partial charge in [-0.15, -0.1) is 12.4 Å². The largest absolute Gasteiger partial charge is 0.488 e.